The predicted octanol–water partition coefficient (Wildman–Crippen LogP) is 3.56. The number of rotatable bonds is 18. The van der Waals surface area contributed by atoms with Crippen molar-refractivity contribution in [3.63, 3.8) is 0 Å². The van der Waals surface area contributed by atoms with Gasteiger partial charge in [0.05, 0.1) is 24.0 Å². The molecule has 0 saturated heterocycles. The Morgan fingerprint density at radius 3 is 1.86 bits per heavy atom. The number of benzene rings is 3. The molecule has 3 aromatic rings. The van der Waals surface area contributed by atoms with Gasteiger partial charge in [-0.3, -0.25) is 23.5 Å². The molecule has 276 valence electrons. The van der Waals surface area contributed by atoms with Crippen molar-refractivity contribution in [1.82, 2.24) is 26.6 Å². The Hall–Kier alpha value is -4.75. The summed E-state index contributed by atoms with van der Waals surface area (Å²) < 4.78 is 26.1. The lowest BCUT2D eigenvalue weighted by Crippen LogP contribution is -2.55. The number of sulfonamides is 1. The van der Waals surface area contributed by atoms with Crippen LogP contribution in [0.3, 0.4) is 0 Å². The second kappa shape index (κ2) is 19.0. The Balaban J connectivity index is 1.88. The molecule has 0 fully saturated rings. The number of hydrogen-bond acceptors (Lipinski definition) is 7. The minimum Gasteiger partial charge on any atom is -0.355 e. The normalized spacial score (nSPS) is 13.7. The predicted molar refractivity (Wildman–Crippen MR) is 201 cm³/mol. The number of nitrogens with one attached hydrogen (secondary N) is 5. The summed E-state index contributed by atoms with van der Waals surface area (Å²) in [6.07, 6.45) is 2.06. The van der Waals surface area contributed by atoms with Crippen LogP contribution in [0.4, 0.5) is 5.69 Å². The van der Waals surface area contributed by atoms with Gasteiger partial charge in [-0.2, -0.15) is 0 Å². The van der Waals surface area contributed by atoms with Crippen molar-refractivity contribution >= 4 is 39.3 Å². The van der Waals surface area contributed by atoms with E-state index in [1.165, 1.54) is 25.2 Å². The maximum Gasteiger partial charge on any atom is 0.251 e. The topological polar surface area (TPSA) is 166 Å². The molecule has 3 aromatic carbocycles. The van der Waals surface area contributed by atoms with Crippen LogP contribution in [0.1, 0.15) is 78.9 Å². The number of carbonyl (C=O) groups excluding carboxylic acids is 4. The van der Waals surface area contributed by atoms with Crippen LogP contribution in [0.2, 0.25) is 0 Å². The summed E-state index contributed by atoms with van der Waals surface area (Å²) in [5.74, 6) is -1.74. The lowest BCUT2D eigenvalue weighted by molar-refractivity contribution is -0.130. The van der Waals surface area contributed by atoms with E-state index in [4.69, 9.17) is 0 Å². The molecule has 0 unspecified atom stereocenters. The van der Waals surface area contributed by atoms with E-state index in [2.05, 4.69) is 26.6 Å². The molecule has 4 amide bonds. The number of nitrogens with zero attached hydrogens (tertiary/aromatic N) is 1. The Morgan fingerprint density at radius 2 is 1.33 bits per heavy atom. The van der Waals surface area contributed by atoms with Crippen LogP contribution in [0, 0.1) is 5.92 Å². The van der Waals surface area contributed by atoms with E-state index in [0.717, 1.165) is 21.7 Å². The highest BCUT2D eigenvalue weighted by Gasteiger charge is 2.27. The van der Waals surface area contributed by atoms with E-state index >= 15 is 0 Å². The summed E-state index contributed by atoms with van der Waals surface area (Å²) >= 11 is 0. The van der Waals surface area contributed by atoms with Crippen molar-refractivity contribution in [2.75, 3.05) is 30.7 Å². The SMILES string of the molecule is CCNC(=O)[C@@H](NC(=O)[C@H](C)NC[C@H](Cc1ccccc1)NC(=O)c1cc(C(=O)N[C@H](CC)c2ccccc2)cc(N(C)S(C)(=O)=O)c1)C(C)C. The number of anilines is 1. The van der Waals surface area contributed by atoms with Crippen LogP contribution in [-0.4, -0.2) is 76.6 Å². The minimum absolute atomic E-state index is 0.0893. The zero-order valence-corrected chi connectivity index (χ0v) is 31.3. The first-order chi connectivity index (χ1) is 24.1. The Bertz CT molecular complexity index is 1740. The van der Waals surface area contributed by atoms with Gasteiger partial charge in [0.1, 0.15) is 6.04 Å². The molecule has 13 heteroatoms. The summed E-state index contributed by atoms with van der Waals surface area (Å²) in [4.78, 5) is 53.2. The highest BCUT2D eigenvalue weighted by molar-refractivity contribution is 7.92. The van der Waals surface area contributed by atoms with Gasteiger partial charge in [0, 0.05) is 37.3 Å². The standard InChI is InChI=1S/C38H52N6O6S/c1-8-33(28-18-14-11-15-19-28)42-37(47)30-21-29(22-32(23-30)44(6)51(7,49)50)36(46)41-31(20-27-16-12-10-13-17-27)24-40-26(5)35(45)43-34(25(3)4)38(48)39-9-2/h10-19,21-23,25-26,31,33-34,40H,8-9,20,24H2,1-7H3,(H,39,48)(H,41,46)(H,42,47)(H,43,45)/t26-,31-,33+,34-/m0/s1. The summed E-state index contributed by atoms with van der Waals surface area (Å²) in [6, 6.07) is 21.1. The van der Waals surface area contributed by atoms with Crippen LogP contribution in [0.25, 0.3) is 0 Å². The van der Waals surface area contributed by atoms with Gasteiger partial charge in [-0.1, -0.05) is 81.4 Å². The lowest BCUT2D eigenvalue weighted by Gasteiger charge is -2.25. The van der Waals surface area contributed by atoms with Crippen molar-refractivity contribution in [3.8, 4) is 0 Å². The van der Waals surface area contributed by atoms with Gasteiger partial charge in [-0.25, -0.2) is 8.42 Å². The number of carbonyl (C=O) groups is 4. The fourth-order valence-electron chi connectivity index (χ4n) is 5.45. The zero-order valence-electron chi connectivity index (χ0n) is 30.5. The first-order valence-electron chi connectivity index (χ1n) is 17.3. The highest BCUT2D eigenvalue weighted by Crippen LogP contribution is 2.23. The Kier molecular flexibility index (Phi) is 15.2. The fourth-order valence-corrected chi connectivity index (χ4v) is 5.93. The third-order valence-electron chi connectivity index (χ3n) is 8.54. The summed E-state index contributed by atoms with van der Waals surface area (Å²) in [5.41, 5.74) is 2.22. The smallest absolute Gasteiger partial charge is 0.251 e. The van der Waals surface area contributed by atoms with Crippen molar-refractivity contribution in [1.29, 1.82) is 0 Å². The van der Waals surface area contributed by atoms with E-state index < -0.39 is 40.0 Å². The summed E-state index contributed by atoms with van der Waals surface area (Å²) in [6.45, 7) is 9.78. The minimum atomic E-state index is -3.73. The zero-order chi connectivity index (χ0) is 37.7. The van der Waals surface area contributed by atoms with Crippen LogP contribution in [0.5, 0.6) is 0 Å². The molecule has 5 N–H and O–H groups in total. The van der Waals surface area contributed by atoms with Crippen LogP contribution in [-0.2, 0) is 26.0 Å². The highest BCUT2D eigenvalue weighted by atomic mass is 32.2. The summed E-state index contributed by atoms with van der Waals surface area (Å²) in [7, 11) is -2.37. The van der Waals surface area contributed by atoms with E-state index in [1.807, 2.05) is 88.4 Å². The molecule has 3 rings (SSSR count). The quantitative estimate of drug-likeness (QED) is 0.134. The second-order valence-corrected chi connectivity index (χ2v) is 15.0. The van der Waals surface area contributed by atoms with Crippen molar-refractivity contribution in [2.45, 2.75) is 71.6 Å². The van der Waals surface area contributed by atoms with Crippen LogP contribution >= 0.6 is 0 Å². The molecular formula is C38H52N6O6S. The first-order valence-corrected chi connectivity index (χ1v) is 19.1. The first kappa shape index (κ1) is 40.7. The Morgan fingerprint density at radius 1 is 0.765 bits per heavy atom. The van der Waals surface area contributed by atoms with Crippen molar-refractivity contribution in [2.24, 2.45) is 5.92 Å². The average molecular weight is 721 g/mol. The van der Waals surface area contributed by atoms with Crippen LogP contribution in [0.15, 0.2) is 78.9 Å². The number of amides is 4. The molecule has 0 aromatic heterocycles. The largest absolute Gasteiger partial charge is 0.355 e. The van der Waals surface area contributed by atoms with Gasteiger partial charge in [0.15, 0.2) is 0 Å². The molecule has 0 radical (unpaired) electrons. The molecular weight excluding hydrogens is 669 g/mol. The van der Waals surface area contributed by atoms with Gasteiger partial charge in [0.2, 0.25) is 21.8 Å². The molecule has 0 saturated carbocycles. The molecule has 0 spiro atoms. The average Bonchev–Trinajstić information content (AvgIpc) is 3.11. The van der Waals surface area contributed by atoms with Gasteiger partial charge < -0.3 is 26.6 Å². The van der Waals surface area contributed by atoms with E-state index in [9.17, 15) is 27.6 Å². The number of hydrogen-bond donors (Lipinski definition) is 5. The maximum absolute atomic E-state index is 13.9. The summed E-state index contributed by atoms with van der Waals surface area (Å²) in [5, 5.41) is 14.8. The number of likely N-dealkylation sites (N-methyl/N-ethyl adjacent to an activating group) is 1. The van der Waals surface area contributed by atoms with Gasteiger partial charge in [0.25, 0.3) is 11.8 Å². The molecule has 0 aliphatic carbocycles. The van der Waals surface area contributed by atoms with E-state index in [0.29, 0.717) is 19.4 Å². The van der Waals surface area contributed by atoms with Crippen LogP contribution < -0.4 is 30.9 Å². The van der Waals surface area contributed by atoms with Crippen molar-refractivity contribution in [3.05, 3.63) is 101 Å². The van der Waals surface area contributed by atoms with Gasteiger partial charge >= 0.3 is 0 Å². The maximum atomic E-state index is 13.9. The molecule has 51 heavy (non-hydrogen) atoms. The lowest BCUT2D eigenvalue weighted by atomic mass is 10.0. The fraction of sp³-hybridized carbons (Fsp3) is 0.421. The molecule has 0 aliphatic rings. The van der Waals surface area contributed by atoms with Gasteiger partial charge in [-0.15, -0.1) is 0 Å². The third kappa shape index (κ3) is 12.2. The molecule has 0 bridgehead atoms. The molecule has 0 heterocycles. The van der Waals surface area contributed by atoms with Gasteiger partial charge in [-0.05, 0) is 61.9 Å². The second-order valence-electron chi connectivity index (χ2n) is 13.0. The Labute approximate surface area is 302 Å². The van der Waals surface area contributed by atoms with Crippen molar-refractivity contribution < 1.29 is 27.6 Å². The van der Waals surface area contributed by atoms with E-state index in [-0.39, 0.29) is 47.1 Å². The molecule has 12 nitrogen and oxygen atoms in total. The van der Waals surface area contributed by atoms with E-state index in [1.54, 1.807) is 6.92 Å². The third-order valence-corrected chi connectivity index (χ3v) is 9.75. The monoisotopic (exact) mass is 720 g/mol. The molecule has 0 aliphatic heterocycles. The molecule has 4 atom stereocenters.